The van der Waals surface area contributed by atoms with Crippen LogP contribution in [0.5, 0.6) is 5.75 Å². The summed E-state index contributed by atoms with van der Waals surface area (Å²) in [5.41, 5.74) is 9.09. The Bertz CT molecular complexity index is 880. The highest BCUT2D eigenvalue weighted by atomic mass is 16.5. The number of aryl methyl sites for hydroxylation is 1. The van der Waals surface area contributed by atoms with Gasteiger partial charge in [-0.1, -0.05) is 25.1 Å². The SMILES string of the molecule is CCc1cc(OC)c2c(=O)[nH]c(-c3ccc(N)cc3)cc2c1. The van der Waals surface area contributed by atoms with Gasteiger partial charge >= 0.3 is 0 Å². The molecule has 0 spiro atoms. The molecule has 0 unspecified atom stereocenters. The van der Waals surface area contributed by atoms with E-state index < -0.39 is 0 Å². The van der Waals surface area contributed by atoms with Gasteiger partial charge in [-0.2, -0.15) is 0 Å². The number of anilines is 1. The number of aromatic amines is 1. The van der Waals surface area contributed by atoms with Gasteiger partial charge in [-0.25, -0.2) is 0 Å². The minimum atomic E-state index is -0.149. The Balaban J connectivity index is 2.27. The van der Waals surface area contributed by atoms with Gasteiger partial charge in [-0.3, -0.25) is 4.79 Å². The molecule has 3 aromatic rings. The van der Waals surface area contributed by atoms with Crippen LogP contribution in [0.25, 0.3) is 22.0 Å². The highest BCUT2D eigenvalue weighted by Gasteiger charge is 2.10. The molecule has 22 heavy (non-hydrogen) atoms. The van der Waals surface area contributed by atoms with E-state index in [4.69, 9.17) is 10.5 Å². The molecule has 1 aromatic heterocycles. The van der Waals surface area contributed by atoms with Crippen LogP contribution >= 0.6 is 0 Å². The molecule has 0 fully saturated rings. The fraction of sp³-hybridized carbons (Fsp3) is 0.167. The molecule has 0 amide bonds. The third kappa shape index (κ3) is 2.44. The number of pyridine rings is 1. The molecule has 4 nitrogen and oxygen atoms in total. The smallest absolute Gasteiger partial charge is 0.260 e. The van der Waals surface area contributed by atoms with Crippen LogP contribution in [0.3, 0.4) is 0 Å². The summed E-state index contributed by atoms with van der Waals surface area (Å²) in [5, 5.41) is 1.46. The molecular weight excluding hydrogens is 276 g/mol. The normalized spacial score (nSPS) is 10.8. The van der Waals surface area contributed by atoms with Crippen LogP contribution in [-0.4, -0.2) is 12.1 Å². The van der Waals surface area contributed by atoms with Crippen LogP contribution in [0.2, 0.25) is 0 Å². The van der Waals surface area contributed by atoms with Crippen molar-refractivity contribution in [3.63, 3.8) is 0 Å². The number of nitrogens with two attached hydrogens (primary N) is 1. The van der Waals surface area contributed by atoms with Gasteiger partial charge in [0.15, 0.2) is 0 Å². The maximum Gasteiger partial charge on any atom is 0.260 e. The van der Waals surface area contributed by atoms with E-state index in [2.05, 4.69) is 11.9 Å². The topological polar surface area (TPSA) is 68.1 Å². The monoisotopic (exact) mass is 294 g/mol. The maximum atomic E-state index is 12.5. The van der Waals surface area contributed by atoms with E-state index in [1.807, 2.05) is 42.5 Å². The number of methoxy groups -OCH3 is 1. The summed E-state index contributed by atoms with van der Waals surface area (Å²) in [4.78, 5) is 15.4. The number of benzene rings is 2. The van der Waals surface area contributed by atoms with Gasteiger partial charge in [0.05, 0.1) is 12.5 Å². The second-order valence-electron chi connectivity index (χ2n) is 5.25. The largest absolute Gasteiger partial charge is 0.496 e. The molecule has 0 atom stereocenters. The van der Waals surface area contributed by atoms with Crippen LogP contribution in [0, 0.1) is 0 Å². The average Bonchev–Trinajstić information content (AvgIpc) is 2.54. The molecule has 0 aliphatic heterocycles. The summed E-state index contributed by atoms with van der Waals surface area (Å²) in [6, 6.07) is 13.4. The first-order valence-electron chi connectivity index (χ1n) is 7.22. The van der Waals surface area contributed by atoms with Crippen LogP contribution in [-0.2, 0) is 6.42 Å². The number of aromatic nitrogens is 1. The highest BCUT2D eigenvalue weighted by molar-refractivity contribution is 5.90. The number of fused-ring (bicyclic) bond motifs is 1. The van der Waals surface area contributed by atoms with Gasteiger partial charge in [0.2, 0.25) is 0 Å². The predicted molar refractivity (Wildman–Crippen MR) is 90.3 cm³/mol. The second-order valence-corrected chi connectivity index (χ2v) is 5.25. The van der Waals surface area contributed by atoms with Crippen LogP contribution < -0.4 is 16.0 Å². The van der Waals surface area contributed by atoms with Crippen LogP contribution in [0.4, 0.5) is 5.69 Å². The molecule has 2 aromatic carbocycles. The highest BCUT2D eigenvalue weighted by Crippen LogP contribution is 2.28. The quantitative estimate of drug-likeness (QED) is 0.728. The van der Waals surface area contributed by atoms with Gasteiger partial charge in [0.25, 0.3) is 5.56 Å². The lowest BCUT2D eigenvalue weighted by molar-refractivity contribution is 0.419. The Hall–Kier alpha value is -2.75. The van der Waals surface area contributed by atoms with Crippen LogP contribution in [0.1, 0.15) is 12.5 Å². The lowest BCUT2D eigenvalue weighted by Gasteiger charge is -2.10. The minimum Gasteiger partial charge on any atom is -0.496 e. The summed E-state index contributed by atoms with van der Waals surface area (Å²) in [6.07, 6.45) is 0.885. The van der Waals surface area contributed by atoms with Crippen molar-refractivity contribution in [2.75, 3.05) is 12.8 Å². The van der Waals surface area contributed by atoms with Crippen molar-refractivity contribution >= 4 is 16.5 Å². The van der Waals surface area contributed by atoms with Crippen molar-refractivity contribution in [1.82, 2.24) is 4.98 Å². The molecule has 4 heteroatoms. The summed E-state index contributed by atoms with van der Waals surface area (Å²) >= 11 is 0. The number of rotatable bonds is 3. The van der Waals surface area contributed by atoms with Crippen molar-refractivity contribution in [2.45, 2.75) is 13.3 Å². The average molecular weight is 294 g/mol. The number of ether oxygens (including phenoxy) is 1. The van der Waals surface area contributed by atoms with Crippen molar-refractivity contribution in [3.05, 3.63) is 58.4 Å². The zero-order chi connectivity index (χ0) is 15.7. The molecule has 0 aliphatic rings. The fourth-order valence-electron chi connectivity index (χ4n) is 2.61. The number of H-pyrrole nitrogens is 1. The number of hydrogen-bond donors (Lipinski definition) is 2. The first-order chi connectivity index (χ1) is 10.6. The molecule has 1 heterocycles. The lowest BCUT2D eigenvalue weighted by atomic mass is 10.0. The Morgan fingerprint density at radius 1 is 1.14 bits per heavy atom. The van der Waals surface area contributed by atoms with Crippen molar-refractivity contribution in [2.24, 2.45) is 0 Å². The third-order valence-electron chi connectivity index (χ3n) is 3.82. The molecule has 3 rings (SSSR count). The molecule has 0 radical (unpaired) electrons. The van der Waals surface area contributed by atoms with E-state index in [1.165, 1.54) is 0 Å². The van der Waals surface area contributed by atoms with Gasteiger partial charge in [0, 0.05) is 11.4 Å². The molecule has 0 aliphatic carbocycles. The Kier molecular flexibility index (Phi) is 3.59. The first-order valence-corrected chi connectivity index (χ1v) is 7.22. The van der Waals surface area contributed by atoms with Crippen molar-refractivity contribution in [3.8, 4) is 17.0 Å². The van der Waals surface area contributed by atoms with E-state index >= 15 is 0 Å². The van der Waals surface area contributed by atoms with E-state index in [0.29, 0.717) is 16.8 Å². The fourth-order valence-corrected chi connectivity index (χ4v) is 2.61. The van der Waals surface area contributed by atoms with Gasteiger partial charge in [-0.05, 0) is 47.2 Å². The summed E-state index contributed by atoms with van der Waals surface area (Å²) in [7, 11) is 1.58. The van der Waals surface area contributed by atoms with Gasteiger partial charge < -0.3 is 15.5 Å². The summed E-state index contributed by atoms with van der Waals surface area (Å²) in [6.45, 7) is 2.08. The summed E-state index contributed by atoms with van der Waals surface area (Å²) in [5.74, 6) is 0.611. The number of hydrogen-bond acceptors (Lipinski definition) is 3. The van der Waals surface area contributed by atoms with E-state index in [-0.39, 0.29) is 5.56 Å². The zero-order valence-electron chi connectivity index (χ0n) is 12.6. The van der Waals surface area contributed by atoms with Gasteiger partial charge in [0.1, 0.15) is 5.75 Å². The molecule has 112 valence electrons. The third-order valence-corrected chi connectivity index (χ3v) is 3.82. The van der Waals surface area contributed by atoms with Crippen molar-refractivity contribution in [1.29, 1.82) is 0 Å². The zero-order valence-corrected chi connectivity index (χ0v) is 12.6. The second kappa shape index (κ2) is 5.56. The molecular formula is C18H18N2O2. The minimum absolute atomic E-state index is 0.149. The van der Waals surface area contributed by atoms with Gasteiger partial charge in [-0.15, -0.1) is 0 Å². The standard InChI is InChI=1S/C18H18N2O2/c1-3-11-8-13-10-15(12-4-6-14(19)7-5-12)20-18(21)17(13)16(9-11)22-2/h4-10H,3,19H2,1-2H3,(H,20,21). The first kappa shape index (κ1) is 14.2. The Morgan fingerprint density at radius 2 is 1.86 bits per heavy atom. The Labute approximate surface area is 128 Å². The number of nitrogen functional groups attached to an aromatic ring is 1. The summed E-state index contributed by atoms with van der Waals surface area (Å²) < 4.78 is 5.38. The van der Waals surface area contributed by atoms with Crippen molar-refractivity contribution < 1.29 is 4.74 Å². The molecule has 0 saturated heterocycles. The lowest BCUT2D eigenvalue weighted by Crippen LogP contribution is -2.09. The number of nitrogens with one attached hydrogen (secondary N) is 1. The maximum absolute atomic E-state index is 12.5. The molecule has 3 N–H and O–H groups in total. The molecule has 0 bridgehead atoms. The molecule has 0 saturated carbocycles. The Morgan fingerprint density at radius 3 is 2.50 bits per heavy atom. The van der Waals surface area contributed by atoms with E-state index in [1.54, 1.807) is 7.11 Å². The predicted octanol–water partition coefficient (Wildman–Crippen LogP) is 3.35. The van der Waals surface area contributed by atoms with Crippen LogP contribution in [0.15, 0.2) is 47.3 Å². The van der Waals surface area contributed by atoms with E-state index in [0.717, 1.165) is 28.6 Å². The van der Waals surface area contributed by atoms with E-state index in [9.17, 15) is 4.79 Å².